The maximum Gasteiger partial charge on any atom is 0.144 e. The number of aryl methyl sites for hydroxylation is 1. The summed E-state index contributed by atoms with van der Waals surface area (Å²) in [5.41, 5.74) is 10.4. The first-order valence-electron chi connectivity index (χ1n) is 6.12. The van der Waals surface area contributed by atoms with Gasteiger partial charge in [-0.05, 0) is 31.0 Å². The fourth-order valence-electron chi connectivity index (χ4n) is 2.15. The molecule has 5 heteroatoms. The Morgan fingerprint density at radius 2 is 1.95 bits per heavy atom. The molecule has 1 heterocycles. The van der Waals surface area contributed by atoms with Gasteiger partial charge in [-0.15, -0.1) is 0 Å². The first kappa shape index (κ1) is 13.6. The molecule has 0 spiro atoms. The molecule has 0 fully saturated rings. The van der Waals surface area contributed by atoms with E-state index in [0.717, 1.165) is 11.3 Å². The molecule has 1 unspecified atom stereocenters. The van der Waals surface area contributed by atoms with Gasteiger partial charge < -0.3 is 0 Å². The predicted octanol–water partition coefficient (Wildman–Crippen LogP) is 3.84. The van der Waals surface area contributed by atoms with Gasteiger partial charge >= 0.3 is 0 Å². The van der Waals surface area contributed by atoms with Gasteiger partial charge in [0.2, 0.25) is 0 Å². The van der Waals surface area contributed by atoms with Crippen molar-refractivity contribution in [3.05, 3.63) is 75.4 Å². The summed E-state index contributed by atoms with van der Waals surface area (Å²) in [6.45, 7) is 3.60. The molecule has 1 aromatic carbocycles. The van der Waals surface area contributed by atoms with Gasteiger partial charge in [-0.1, -0.05) is 41.5 Å². The number of benzene rings is 1. The van der Waals surface area contributed by atoms with E-state index in [1.165, 1.54) is 0 Å². The molecule has 0 amide bonds. The van der Waals surface area contributed by atoms with E-state index in [1.807, 2.05) is 43.3 Å². The Kier molecular flexibility index (Phi) is 3.69. The van der Waals surface area contributed by atoms with Crippen LogP contribution in [0.25, 0.3) is 10.4 Å². The predicted molar refractivity (Wildman–Crippen MR) is 75.7 cm³/mol. The highest BCUT2D eigenvalue weighted by molar-refractivity contribution is 5.44. The highest BCUT2D eigenvalue weighted by Crippen LogP contribution is 2.35. The smallest absolute Gasteiger partial charge is 0.144 e. The van der Waals surface area contributed by atoms with Gasteiger partial charge in [-0.3, -0.25) is 0 Å². The molecule has 0 bridgehead atoms. The minimum Gasteiger partial charge on any atom is -0.242 e. The molecule has 0 radical (unpaired) electrons. The van der Waals surface area contributed by atoms with E-state index in [-0.39, 0.29) is 5.69 Å². The number of nitriles is 1. The Morgan fingerprint density at radius 1 is 1.25 bits per heavy atom. The molecule has 2 aromatic rings. The van der Waals surface area contributed by atoms with Crippen molar-refractivity contribution in [2.45, 2.75) is 19.4 Å². The van der Waals surface area contributed by atoms with E-state index in [1.54, 1.807) is 13.0 Å². The molecule has 0 saturated heterocycles. The Hall–Kier alpha value is -2.83. The number of hydrogen-bond acceptors (Lipinski definition) is 3. The largest absolute Gasteiger partial charge is 0.242 e. The lowest BCUT2D eigenvalue weighted by Crippen LogP contribution is -2.22. The second kappa shape index (κ2) is 5.43. The second-order valence-electron chi connectivity index (χ2n) is 4.59. The van der Waals surface area contributed by atoms with Gasteiger partial charge in [0.05, 0.1) is 5.54 Å². The molecule has 2 rings (SSSR count). The van der Waals surface area contributed by atoms with Crippen molar-refractivity contribution >= 4 is 0 Å². The lowest BCUT2D eigenvalue weighted by atomic mass is 9.84. The Labute approximate surface area is 117 Å². The first-order valence-corrected chi connectivity index (χ1v) is 6.12. The van der Waals surface area contributed by atoms with Crippen LogP contribution in [0.1, 0.15) is 29.4 Å². The first-order chi connectivity index (χ1) is 9.61. The normalized spacial score (nSPS) is 12.8. The van der Waals surface area contributed by atoms with Crippen molar-refractivity contribution in [3.8, 4) is 6.07 Å². The maximum atomic E-state index is 9.27. The fourth-order valence-corrected chi connectivity index (χ4v) is 2.15. The van der Waals surface area contributed by atoms with Crippen LogP contribution in [0.15, 0.2) is 47.6 Å². The Morgan fingerprint density at radius 3 is 2.55 bits per heavy atom. The zero-order valence-electron chi connectivity index (χ0n) is 11.3. The Bertz CT molecular complexity index is 711. The summed E-state index contributed by atoms with van der Waals surface area (Å²) in [4.78, 5) is 7.17. The van der Waals surface area contributed by atoms with Crippen molar-refractivity contribution in [1.82, 2.24) is 4.98 Å². The van der Waals surface area contributed by atoms with Gasteiger partial charge in [0.15, 0.2) is 0 Å². The second-order valence-corrected chi connectivity index (χ2v) is 4.59. The van der Waals surface area contributed by atoms with E-state index in [9.17, 15) is 5.26 Å². The van der Waals surface area contributed by atoms with Crippen LogP contribution in [0.3, 0.4) is 0 Å². The molecule has 5 nitrogen and oxygen atoms in total. The van der Waals surface area contributed by atoms with Crippen LogP contribution in [-0.4, -0.2) is 4.98 Å². The minimum atomic E-state index is -0.957. The van der Waals surface area contributed by atoms with Gasteiger partial charge in [-0.25, -0.2) is 4.98 Å². The number of pyridine rings is 1. The lowest BCUT2D eigenvalue weighted by Gasteiger charge is -2.25. The van der Waals surface area contributed by atoms with E-state index >= 15 is 0 Å². The summed E-state index contributed by atoms with van der Waals surface area (Å²) in [5, 5.41) is 13.2. The van der Waals surface area contributed by atoms with Gasteiger partial charge in [-0.2, -0.15) is 5.26 Å². The number of nitrogens with zero attached hydrogens (tertiary/aromatic N) is 5. The number of hydrogen-bond donors (Lipinski definition) is 0. The van der Waals surface area contributed by atoms with Gasteiger partial charge in [0.25, 0.3) is 0 Å². The van der Waals surface area contributed by atoms with E-state index in [4.69, 9.17) is 5.53 Å². The van der Waals surface area contributed by atoms with E-state index < -0.39 is 5.54 Å². The molecule has 0 aliphatic rings. The maximum absolute atomic E-state index is 9.27. The molecule has 20 heavy (non-hydrogen) atoms. The van der Waals surface area contributed by atoms with Crippen molar-refractivity contribution in [3.63, 3.8) is 0 Å². The molecule has 0 aliphatic heterocycles. The molecule has 1 aromatic heterocycles. The number of azide groups is 1. The highest BCUT2D eigenvalue weighted by atomic mass is 15.2. The Balaban J connectivity index is 2.73. The van der Waals surface area contributed by atoms with Gasteiger partial charge in [0, 0.05) is 16.2 Å². The lowest BCUT2D eigenvalue weighted by molar-refractivity contribution is 0.593. The summed E-state index contributed by atoms with van der Waals surface area (Å²) < 4.78 is 0. The van der Waals surface area contributed by atoms with Crippen LogP contribution in [0, 0.1) is 18.3 Å². The third-order valence-corrected chi connectivity index (χ3v) is 3.25. The number of aromatic nitrogens is 1. The zero-order valence-corrected chi connectivity index (χ0v) is 11.3. The summed E-state index contributed by atoms with van der Waals surface area (Å²) >= 11 is 0. The fraction of sp³-hybridized carbons (Fsp3) is 0.200. The summed E-state index contributed by atoms with van der Waals surface area (Å²) in [7, 11) is 0. The van der Waals surface area contributed by atoms with Gasteiger partial charge in [0.1, 0.15) is 11.8 Å². The van der Waals surface area contributed by atoms with Crippen LogP contribution in [0.4, 0.5) is 0 Å². The standard InChI is InChI=1S/C15H13N5/c1-11-8-9-13(14(10-16)18-11)15(2,19-20-17)12-6-4-3-5-7-12/h3-9H,1-2H3. The average Bonchev–Trinajstić information content (AvgIpc) is 2.48. The van der Waals surface area contributed by atoms with E-state index in [0.29, 0.717) is 5.56 Å². The zero-order chi connectivity index (χ0) is 14.6. The third-order valence-electron chi connectivity index (χ3n) is 3.25. The van der Waals surface area contributed by atoms with Crippen LogP contribution < -0.4 is 0 Å². The van der Waals surface area contributed by atoms with E-state index in [2.05, 4.69) is 21.1 Å². The van der Waals surface area contributed by atoms with Crippen LogP contribution in [-0.2, 0) is 5.54 Å². The molecular weight excluding hydrogens is 250 g/mol. The summed E-state index contributed by atoms with van der Waals surface area (Å²) in [6, 6.07) is 15.0. The van der Waals surface area contributed by atoms with Crippen molar-refractivity contribution in [2.24, 2.45) is 5.11 Å². The quantitative estimate of drug-likeness (QED) is 0.478. The van der Waals surface area contributed by atoms with Crippen LogP contribution in [0.2, 0.25) is 0 Å². The highest BCUT2D eigenvalue weighted by Gasteiger charge is 2.30. The monoisotopic (exact) mass is 263 g/mol. The minimum absolute atomic E-state index is 0.281. The molecule has 0 aliphatic carbocycles. The summed E-state index contributed by atoms with van der Waals surface area (Å²) in [5.74, 6) is 0. The summed E-state index contributed by atoms with van der Waals surface area (Å²) in [6.07, 6.45) is 0. The molecular formula is C15H13N5. The molecule has 98 valence electrons. The van der Waals surface area contributed by atoms with Crippen molar-refractivity contribution in [1.29, 1.82) is 5.26 Å². The topological polar surface area (TPSA) is 85.4 Å². The molecule has 0 saturated carbocycles. The third kappa shape index (κ3) is 2.33. The molecule has 1 atom stereocenters. The SMILES string of the molecule is Cc1ccc(C(C)(N=[N+]=[N-])c2ccccc2)c(C#N)n1. The van der Waals surface area contributed by atoms with Crippen molar-refractivity contribution in [2.75, 3.05) is 0 Å². The van der Waals surface area contributed by atoms with Crippen LogP contribution in [0.5, 0.6) is 0 Å². The molecule has 0 N–H and O–H groups in total. The average molecular weight is 263 g/mol. The van der Waals surface area contributed by atoms with Crippen LogP contribution >= 0.6 is 0 Å². The van der Waals surface area contributed by atoms with Crippen molar-refractivity contribution < 1.29 is 0 Å². The number of rotatable bonds is 3.